The molecule has 6 nitrogen and oxygen atoms in total. The van der Waals surface area contributed by atoms with Crippen molar-refractivity contribution in [2.24, 2.45) is 10.9 Å². The molecule has 0 radical (unpaired) electrons. The Balaban J connectivity index is 1.46. The van der Waals surface area contributed by atoms with Gasteiger partial charge >= 0.3 is 6.18 Å². The van der Waals surface area contributed by atoms with E-state index in [2.05, 4.69) is 31.6 Å². The number of aliphatic imine (C=N–C) groups is 1. The molecule has 2 aliphatic rings. The van der Waals surface area contributed by atoms with Gasteiger partial charge in [0.2, 0.25) is 5.91 Å². The summed E-state index contributed by atoms with van der Waals surface area (Å²) >= 11 is 3.40. The van der Waals surface area contributed by atoms with E-state index in [4.69, 9.17) is 4.74 Å². The summed E-state index contributed by atoms with van der Waals surface area (Å²) in [4.78, 5) is 30.6. The van der Waals surface area contributed by atoms with Crippen LogP contribution in [0.1, 0.15) is 30.4 Å². The Morgan fingerprint density at radius 2 is 1.86 bits per heavy atom. The number of amides is 2. The number of nitrogens with zero attached hydrogens (tertiary/aromatic N) is 1. The van der Waals surface area contributed by atoms with Gasteiger partial charge < -0.3 is 15.4 Å². The maximum atomic E-state index is 13.4. The minimum Gasteiger partial charge on any atom is -0.484 e. The molecule has 2 fully saturated rings. The number of halogens is 4. The molecule has 1 aliphatic carbocycles. The van der Waals surface area contributed by atoms with Gasteiger partial charge in [-0.05, 0) is 61.2 Å². The molecule has 1 aliphatic heterocycles. The first-order valence-corrected chi connectivity index (χ1v) is 12.6. The normalized spacial score (nSPS) is 19.7. The zero-order chi connectivity index (χ0) is 25.8. The molecule has 1 unspecified atom stereocenters. The van der Waals surface area contributed by atoms with E-state index in [9.17, 15) is 22.8 Å². The van der Waals surface area contributed by atoms with Gasteiger partial charge in [-0.3, -0.25) is 9.59 Å². The Bertz CT molecular complexity index is 1090. The molecular formula is C26H27BrF3N3O3. The predicted octanol–water partition coefficient (Wildman–Crippen LogP) is 4.36. The number of benzene rings is 2. The smallest absolute Gasteiger partial charge is 0.422 e. The van der Waals surface area contributed by atoms with E-state index < -0.39 is 30.1 Å². The van der Waals surface area contributed by atoms with Crippen LogP contribution in [0.5, 0.6) is 5.75 Å². The Kier molecular flexibility index (Phi) is 8.14. The molecule has 2 atom stereocenters. The van der Waals surface area contributed by atoms with E-state index >= 15 is 0 Å². The highest BCUT2D eigenvalue weighted by Gasteiger charge is 2.52. The highest BCUT2D eigenvalue weighted by atomic mass is 79.9. The Hall–Kier alpha value is -2.72. The average molecular weight is 566 g/mol. The minimum absolute atomic E-state index is 0.0753. The fraction of sp³-hybridized carbons (Fsp3) is 0.423. The van der Waals surface area contributed by atoms with E-state index in [0.717, 1.165) is 29.5 Å². The number of hydrogen-bond donors (Lipinski definition) is 2. The Morgan fingerprint density at radius 3 is 2.44 bits per heavy atom. The second kappa shape index (κ2) is 11.1. The second-order valence-corrected chi connectivity index (χ2v) is 10.2. The summed E-state index contributed by atoms with van der Waals surface area (Å²) in [5.41, 5.74) is 0.736. The summed E-state index contributed by atoms with van der Waals surface area (Å²) in [6, 6.07) is 12.7. The van der Waals surface area contributed by atoms with E-state index in [1.54, 1.807) is 18.3 Å². The molecule has 2 aromatic rings. The van der Waals surface area contributed by atoms with Crippen molar-refractivity contribution in [1.29, 1.82) is 0 Å². The lowest BCUT2D eigenvalue weighted by molar-refractivity contribution is -0.153. The minimum atomic E-state index is -4.43. The molecule has 4 rings (SSSR count). The molecule has 0 bridgehead atoms. The quantitative estimate of drug-likeness (QED) is 0.443. The molecular weight excluding hydrogens is 539 g/mol. The molecule has 0 aromatic heterocycles. The van der Waals surface area contributed by atoms with Crippen LogP contribution in [0.15, 0.2) is 58.0 Å². The zero-order valence-corrected chi connectivity index (χ0v) is 21.1. The number of nitrogens with one attached hydrogen (secondary N) is 2. The standard InChI is InChI=1S/C26H27BrF3N3O3/c27-20-5-1-17(2-6-20)13-22(23(34)32-15-18-9-12-31-14-18)33-24(35)25(10-11-25)19-3-7-21(8-4-19)36-16-26(28,29)30/h1-8,15,18,22,31H,9-14,16H2,(H,33,35)/t18?,22-/m0/s1. The first-order valence-electron chi connectivity index (χ1n) is 11.8. The molecule has 1 heterocycles. The highest BCUT2D eigenvalue weighted by molar-refractivity contribution is 9.10. The van der Waals surface area contributed by atoms with Crippen LogP contribution in [-0.2, 0) is 21.4 Å². The summed E-state index contributed by atoms with van der Waals surface area (Å²) in [5.74, 6) is -0.443. The van der Waals surface area contributed by atoms with Gasteiger partial charge in [0.15, 0.2) is 6.61 Å². The van der Waals surface area contributed by atoms with Crippen molar-refractivity contribution >= 4 is 34.0 Å². The van der Waals surface area contributed by atoms with Gasteiger partial charge in [-0.2, -0.15) is 13.2 Å². The third kappa shape index (κ3) is 6.94. The van der Waals surface area contributed by atoms with Crippen LogP contribution in [0.2, 0.25) is 0 Å². The largest absolute Gasteiger partial charge is 0.484 e. The lowest BCUT2D eigenvalue weighted by Gasteiger charge is -2.21. The number of carbonyl (C=O) groups excluding carboxylic acids is 2. The lowest BCUT2D eigenvalue weighted by Crippen LogP contribution is -2.46. The van der Waals surface area contributed by atoms with Gasteiger partial charge in [-0.1, -0.05) is 40.2 Å². The van der Waals surface area contributed by atoms with Crippen LogP contribution in [0.3, 0.4) is 0 Å². The second-order valence-electron chi connectivity index (χ2n) is 9.24. The number of carbonyl (C=O) groups is 2. The molecule has 1 saturated heterocycles. The molecule has 2 amide bonds. The molecule has 10 heteroatoms. The highest BCUT2D eigenvalue weighted by Crippen LogP contribution is 2.48. The maximum Gasteiger partial charge on any atom is 0.422 e. The van der Waals surface area contributed by atoms with Crippen molar-refractivity contribution in [3.8, 4) is 5.75 Å². The third-order valence-electron chi connectivity index (χ3n) is 6.46. The zero-order valence-electron chi connectivity index (χ0n) is 19.5. The SMILES string of the molecule is O=C(N=CC1CCNC1)[C@H](Cc1ccc(Br)cc1)NC(=O)C1(c2ccc(OCC(F)(F)F)cc2)CC1. The van der Waals surface area contributed by atoms with Crippen LogP contribution < -0.4 is 15.4 Å². The van der Waals surface area contributed by atoms with Gasteiger partial charge in [-0.15, -0.1) is 0 Å². The summed E-state index contributed by atoms with van der Waals surface area (Å²) in [6.45, 7) is 0.272. The Morgan fingerprint density at radius 1 is 1.17 bits per heavy atom. The molecule has 1 saturated carbocycles. The fourth-order valence-electron chi connectivity index (χ4n) is 4.23. The van der Waals surface area contributed by atoms with Gasteiger partial charge in [0.25, 0.3) is 5.91 Å². The number of ether oxygens (including phenoxy) is 1. The van der Waals surface area contributed by atoms with Crippen LogP contribution >= 0.6 is 15.9 Å². The lowest BCUT2D eigenvalue weighted by atomic mass is 9.94. The molecule has 0 spiro atoms. The van der Waals surface area contributed by atoms with Gasteiger partial charge in [0, 0.05) is 29.6 Å². The number of alkyl halides is 3. The van der Waals surface area contributed by atoms with Crippen molar-refractivity contribution in [2.45, 2.75) is 43.3 Å². The monoisotopic (exact) mass is 565 g/mol. The third-order valence-corrected chi connectivity index (χ3v) is 6.99. The van der Waals surface area contributed by atoms with Crippen molar-refractivity contribution in [3.63, 3.8) is 0 Å². The molecule has 36 heavy (non-hydrogen) atoms. The summed E-state index contributed by atoms with van der Waals surface area (Å²) in [5, 5.41) is 6.13. The summed E-state index contributed by atoms with van der Waals surface area (Å²) < 4.78 is 42.9. The van der Waals surface area contributed by atoms with Crippen LogP contribution in [0.4, 0.5) is 13.2 Å². The number of rotatable bonds is 9. The summed E-state index contributed by atoms with van der Waals surface area (Å²) in [6.07, 6.45) is -0.403. The number of hydrogen-bond acceptors (Lipinski definition) is 4. The van der Waals surface area contributed by atoms with Crippen molar-refractivity contribution in [2.75, 3.05) is 19.7 Å². The first kappa shape index (κ1) is 26.3. The van der Waals surface area contributed by atoms with Crippen LogP contribution in [0, 0.1) is 5.92 Å². The summed E-state index contributed by atoms with van der Waals surface area (Å²) in [7, 11) is 0. The van der Waals surface area contributed by atoms with Gasteiger partial charge in [-0.25, -0.2) is 4.99 Å². The van der Waals surface area contributed by atoms with E-state index in [0.29, 0.717) is 24.8 Å². The Labute approximate surface area is 215 Å². The average Bonchev–Trinajstić information content (AvgIpc) is 3.50. The van der Waals surface area contributed by atoms with Gasteiger partial charge in [0.05, 0.1) is 5.41 Å². The van der Waals surface area contributed by atoms with Crippen LogP contribution in [0.25, 0.3) is 0 Å². The molecule has 2 N–H and O–H groups in total. The first-order chi connectivity index (χ1) is 17.1. The molecule has 2 aromatic carbocycles. The predicted molar refractivity (Wildman–Crippen MR) is 133 cm³/mol. The van der Waals surface area contributed by atoms with Crippen molar-refractivity contribution < 1.29 is 27.5 Å². The molecule has 192 valence electrons. The topological polar surface area (TPSA) is 79.8 Å². The fourth-order valence-corrected chi connectivity index (χ4v) is 4.50. The van der Waals surface area contributed by atoms with Crippen LogP contribution in [-0.4, -0.2) is 49.9 Å². The van der Waals surface area contributed by atoms with E-state index in [1.165, 1.54) is 12.1 Å². The van der Waals surface area contributed by atoms with Crippen molar-refractivity contribution in [1.82, 2.24) is 10.6 Å². The maximum absolute atomic E-state index is 13.4. The van der Waals surface area contributed by atoms with E-state index in [-0.39, 0.29) is 17.6 Å². The van der Waals surface area contributed by atoms with Crippen molar-refractivity contribution in [3.05, 3.63) is 64.1 Å². The van der Waals surface area contributed by atoms with Gasteiger partial charge in [0.1, 0.15) is 11.8 Å². The van der Waals surface area contributed by atoms with E-state index in [1.807, 2.05) is 24.3 Å².